The predicted octanol–water partition coefficient (Wildman–Crippen LogP) is 1.29. The first kappa shape index (κ1) is 16.3. The highest BCUT2D eigenvalue weighted by Gasteiger charge is 2.24. The van der Waals surface area contributed by atoms with Gasteiger partial charge in [-0.05, 0) is 30.4 Å². The summed E-state index contributed by atoms with van der Waals surface area (Å²) in [4.78, 5) is 12.1. The number of carbonyl (C=O) groups excluding carboxylic acids is 1. The summed E-state index contributed by atoms with van der Waals surface area (Å²) in [6, 6.07) is 3.68. The second-order valence-electron chi connectivity index (χ2n) is 4.50. The summed E-state index contributed by atoms with van der Waals surface area (Å²) < 4.78 is 13.1. The lowest BCUT2D eigenvalue weighted by molar-refractivity contribution is 0.0977. The molecule has 0 saturated carbocycles. The third-order valence-corrected chi connectivity index (χ3v) is 3.07. The number of phenolic OH excluding ortho intramolecular Hbond substituents is 4. The van der Waals surface area contributed by atoms with Crippen LogP contribution in [0, 0.1) is 5.82 Å². The maximum atomic E-state index is 13.1. The summed E-state index contributed by atoms with van der Waals surface area (Å²) in [7, 11) is 0. The van der Waals surface area contributed by atoms with Gasteiger partial charge < -0.3 is 26.2 Å². The minimum atomic E-state index is -0.907. The van der Waals surface area contributed by atoms with Crippen LogP contribution in [0.5, 0.6) is 23.0 Å². The Morgan fingerprint density at radius 2 is 1.74 bits per heavy atom. The number of phenols is 4. The van der Waals surface area contributed by atoms with E-state index in [1.807, 2.05) is 0 Å². The largest absolute Gasteiger partial charge is 0.507 e. The molecule has 9 heteroatoms. The molecular formula is C14H11FN2O5S. The fourth-order valence-corrected chi connectivity index (χ4v) is 2.08. The van der Waals surface area contributed by atoms with Gasteiger partial charge in [0, 0.05) is 17.2 Å². The second-order valence-corrected chi connectivity index (χ2v) is 4.94. The van der Waals surface area contributed by atoms with Crippen molar-refractivity contribution in [3.8, 4) is 34.1 Å². The van der Waals surface area contributed by atoms with Crippen molar-refractivity contribution in [2.45, 2.75) is 0 Å². The van der Waals surface area contributed by atoms with Crippen molar-refractivity contribution in [2.75, 3.05) is 0 Å². The van der Waals surface area contributed by atoms with Gasteiger partial charge in [-0.25, -0.2) is 4.39 Å². The van der Waals surface area contributed by atoms with Gasteiger partial charge in [-0.15, -0.1) is 0 Å². The van der Waals surface area contributed by atoms with Crippen molar-refractivity contribution in [3.63, 3.8) is 0 Å². The molecule has 0 aliphatic carbocycles. The van der Waals surface area contributed by atoms with Crippen LogP contribution in [0.15, 0.2) is 24.3 Å². The first-order valence-corrected chi connectivity index (χ1v) is 6.50. The number of rotatable bonds is 2. The van der Waals surface area contributed by atoms with Crippen molar-refractivity contribution >= 4 is 23.2 Å². The van der Waals surface area contributed by atoms with Crippen LogP contribution >= 0.6 is 12.2 Å². The van der Waals surface area contributed by atoms with Crippen LogP contribution in [0.2, 0.25) is 0 Å². The molecule has 0 aromatic heterocycles. The molecule has 120 valence electrons. The number of nitrogens with one attached hydrogen (secondary N) is 1. The molecule has 7 N–H and O–H groups in total. The van der Waals surface area contributed by atoms with Gasteiger partial charge in [0.2, 0.25) is 5.75 Å². The summed E-state index contributed by atoms with van der Waals surface area (Å²) in [6.45, 7) is 0. The number of amides is 1. The summed E-state index contributed by atoms with van der Waals surface area (Å²) >= 11 is 4.54. The summed E-state index contributed by atoms with van der Waals surface area (Å²) in [5.74, 6) is -4.80. The average molecular weight is 338 g/mol. The Hall–Kier alpha value is -3.07. The molecule has 2 aromatic carbocycles. The van der Waals surface area contributed by atoms with Crippen molar-refractivity contribution in [2.24, 2.45) is 5.73 Å². The maximum absolute atomic E-state index is 13.1. The minimum Gasteiger partial charge on any atom is -0.507 e. The zero-order valence-corrected chi connectivity index (χ0v) is 12.2. The summed E-state index contributed by atoms with van der Waals surface area (Å²) in [5.41, 5.74) is 4.39. The van der Waals surface area contributed by atoms with Crippen molar-refractivity contribution in [1.29, 1.82) is 0 Å². The van der Waals surface area contributed by atoms with E-state index in [1.54, 1.807) is 0 Å². The average Bonchev–Trinajstić information content (AvgIpc) is 2.45. The molecule has 0 fully saturated rings. The number of carbonyl (C=O) groups is 1. The van der Waals surface area contributed by atoms with E-state index in [2.05, 4.69) is 17.5 Å². The molecule has 0 heterocycles. The molecule has 23 heavy (non-hydrogen) atoms. The number of nitrogens with two attached hydrogens (primary N) is 1. The number of hydrogen-bond acceptors (Lipinski definition) is 6. The second kappa shape index (κ2) is 5.97. The summed E-state index contributed by atoms with van der Waals surface area (Å²) in [5, 5.41) is 40.8. The van der Waals surface area contributed by atoms with Crippen molar-refractivity contribution in [3.05, 3.63) is 35.6 Å². The van der Waals surface area contributed by atoms with Crippen LogP contribution in [0.25, 0.3) is 11.1 Å². The van der Waals surface area contributed by atoms with Crippen LogP contribution in [0.4, 0.5) is 4.39 Å². The Labute approximate surface area is 134 Å². The topological polar surface area (TPSA) is 136 Å². The van der Waals surface area contributed by atoms with E-state index in [-0.39, 0.29) is 21.8 Å². The molecule has 0 aliphatic heterocycles. The molecule has 1 amide bonds. The molecule has 0 bridgehead atoms. The van der Waals surface area contributed by atoms with Gasteiger partial charge in [0.15, 0.2) is 16.6 Å². The predicted molar refractivity (Wildman–Crippen MR) is 82.7 cm³/mol. The Bertz CT molecular complexity index is 825. The molecule has 0 radical (unpaired) electrons. The lowest BCUT2D eigenvalue weighted by atomic mass is 9.96. The highest BCUT2D eigenvalue weighted by Crippen LogP contribution is 2.47. The van der Waals surface area contributed by atoms with Gasteiger partial charge in [-0.3, -0.25) is 10.1 Å². The number of halogens is 1. The van der Waals surface area contributed by atoms with Gasteiger partial charge in [-0.2, -0.15) is 0 Å². The zero-order valence-electron chi connectivity index (χ0n) is 11.4. The summed E-state index contributed by atoms with van der Waals surface area (Å²) in [6.07, 6.45) is 0. The standard InChI is InChI=1S/C14H11FN2O5S/c15-5-1-2-6(8(18)3-5)10-7(13(22)17-14(16)23)4-9(19)11(20)12(10)21/h1-4,18-21H,(H3,16,17,22,23). The van der Waals surface area contributed by atoms with Crippen LogP contribution in [-0.2, 0) is 0 Å². The van der Waals surface area contributed by atoms with Crippen LogP contribution in [0.3, 0.4) is 0 Å². The zero-order chi connectivity index (χ0) is 17.3. The highest BCUT2D eigenvalue weighted by molar-refractivity contribution is 7.80. The highest BCUT2D eigenvalue weighted by atomic mass is 32.1. The van der Waals surface area contributed by atoms with Crippen LogP contribution < -0.4 is 11.1 Å². The van der Waals surface area contributed by atoms with Gasteiger partial charge in [0.05, 0.1) is 5.56 Å². The Morgan fingerprint density at radius 3 is 2.30 bits per heavy atom. The smallest absolute Gasteiger partial charge is 0.258 e. The Morgan fingerprint density at radius 1 is 1.09 bits per heavy atom. The molecule has 0 unspecified atom stereocenters. The quantitative estimate of drug-likeness (QED) is 0.358. The van der Waals surface area contributed by atoms with Crippen LogP contribution in [0.1, 0.15) is 10.4 Å². The Balaban J connectivity index is 2.77. The van der Waals surface area contributed by atoms with E-state index in [0.29, 0.717) is 0 Å². The Kier molecular flexibility index (Phi) is 4.23. The molecule has 0 aliphatic rings. The molecule has 2 rings (SSSR count). The SMILES string of the molecule is NC(=S)NC(=O)c1cc(O)c(O)c(O)c1-c1ccc(F)cc1O. The van der Waals surface area contributed by atoms with Gasteiger partial charge in [0.1, 0.15) is 11.6 Å². The van der Waals surface area contributed by atoms with Gasteiger partial charge >= 0.3 is 0 Å². The molecule has 0 spiro atoms. The number of benzene rings is 2. The fourth-order valence-electron chi connectivity index (χ4n) is 1.99. The van der Waals surface area contributed by atoms with Gasteiger partial charge in [-0.1, -0.05) is 0 Å². The van der Waals surface area contributed by atoms with E-state index in [9.17, 15) is 29.6 Å². The molecular weight excluding hydrogens is 327 g/mol. The fraction of sp³-hybridized carbons (Fsp3) is 0. The third kappa shape index (κ3) is 3.09. The first-order valence-electron chi connectivity index (χ1n) is 6.10. The third-order valence-electron chi connectivity index (χ3n) is 2.96. The number of thiocarbonyl (C=S) groups is 1. The monoisotopic (exact) mass is 338 g/mol. The maximum Gasteiger partial charge on any atom is 0.258 e. The van der Waals surface area contributed by atoms with E-state index in [0.717, 1.165) is 24.3 Å². The first-order chi connectivity index (χ1) is 10.7. The van der Waals surface area contributed by atoms with Crippen molar-refractivity contribution < 1.29 is 29.6 Å². The normalized spacial score (nSPS) is 10.3. The van der Waals surface area contributed by atoms with E-state index in [1.165, 1.54) is 0 Å². The van der Waals surface area contributed by atoms with Gasteiger partial charge in [0.25, 0.3) is 5.91 Å². The molecule has 0 atom stereocenters. The minimum absolute atomic E-state index is 0.146. The molecule has 2 aromatic rings. The van der Waals surface area contributed by atoms with E-state index >= 15 is 0 Å². The lowest BCUT2D eigenvalue weighted by Crippen LogP contribution is -2.35. The van der Waals surface area contributed by atoms with E-state index in [4.69, 9.17) is 5.73 Å². The molecule has 0 saturated heterocycles. The van der Waals surface area contributed by atoms with Crippen LogP contribution in [-0.4, -0.2) is 31.4 Å². The number of hydrogen-bond donors (Lipinski definition) is 6. The van der Waals surface area contributed by atoms with E-state index < -0.39 is 34.7 Å². The molecule has 7 nitrogen and oxygen atoms in total. The lowest BCUT2D eigenvalue weighted by Gasteiger charge is -2.15. The van der Waals surface area contributed by atoms with Crippen molar-refractivity contribution in [1.82, 2.24) is 5.32 Å². The number of aromatic hydroxyl groups is 4.